The van der Waals surface area contributed by atoms with Crippen LogP contribution in [-0.4, -0.2) is 45.4 Å². The van der Waals surface area contributed by atoms with E-state index in [0.29, 0.717) is 11.5 Å². The van der Waals surface area contributed by atoms with Crippen LogP contribution in [0, 0.1) is 17.0 Å². The molecule has 21 heavy (non-hydrogen) atoms. The van der Waals surface area contributed by atoms with Crippen LogP contribution in [0.2, 0.25) is 0 Å². The molecule has 0 saturated carbocycles. The molecule has 3 aromatic rings. The largest absolute Gasteiger partial charge is 0.476 e. The van der Waals surface area contributed by atoms with Crippen molar-refractivity contribution in [2.24, 2.45) is 0 Å². The number of aromatic carboxylic acids is 1. The van der Waals surface area contributed by atoms with Crippen molar-refractivity contribution in [2.45, 2.75) is 6.92 Å². The Morgan fingerprint density at radius 2 is 2.24 bits per heavy atom. The van der Waals surface area contributed by atoms with Crippen LogP contribution < -0.4 is 0 Å². The van der Waals surface area contributed by atoms with Crippen molar-refractivity contribution in [3.8, 4) is 5.82 Å². The minimum Gasteiger partial charge on any atom is -0.476 e. The zero-order chi connectivity index (χ0) is 15.1. The van der Waals surface area contributed by atoms with Gasteiger partial charge in [0.25, 0.3) is 5.78 Å². The lowest BCUT2D eigenvalue weighted by molar-refractivity contribution is -0.385. The van der Waals surface area contributed by atoms with E-state index in [0.717, 1.165) is 10.9 Å². The standard InChI is InChI=1S/C10H7N7O4/c1-5-2-7(16-10(13-5)11-4-12-16)15-3-6(17(20)21)8(14-15)9(18)19/h2-4H,1H3,(H,18,19). The fraction of sp³-hybridized carbons (Fsp3) is 0.100. The van der Waals surface area contributed by atoms with Crippen LogP contribution in [0.4, 0.5) is 5.69 Å². The lowest BCUT2D eigenvalue weighted by Gasteiger charge is -2.03. The molecule has 106 valence electrons. The van der Waals surface area contributed by atoms with Crippen LogP contribution in [0.3, 0.4) is 0 Å². The van der Waals surface area contributed by atoms with Crippen molar-refractivity contribution in [1.82, 2.24) is 29.4 Å². The van der Waals surface area contributed by atoms with Gasteiger partial charge in [-0.15, -0.1) is 0 Å². The van der Waals surface area contributed by atoms with Gasteiger partial charge in [0.2, 0.25) is 5.69 Å². The van der Waals surface area contributed by atoms with Crippen molar-refractivity contribution >= 4 is 17.4 Å². The molecule has 3 heterocycles. The lowest BCUT2D eigenvalue weighted by atomic mass is 10.4. The Labute approximate surface area is 115 Å². The first-order valence-corrected chi connectivity index (χ1v) is 5.62. The molecule has 0 spiro atoms. The second-order valence-electron chi connectivity index (χ2n) is 4.10. The molecule has 0 aromatic carbocycles. The summed E-state index contributed by atoms with van der Waals surface area (Å²) in [7, 11) is 0. The van der Waals surface area contributed by atoms with Crippen LogP contribution in [-0.2, 0) is 0 Å². The van der Waals surface area contributed by atoms with Crippen molar-refractivity contribution in [1.29, 1.82) is 0 Å². The normalized spacial score (nSPS) is 10.9. The molecular weight excluding hydrogens is 282 g/mol. The molecule has 0 unspecified atom stereocenters. The first kappa shape index (κ1) is 12.7. The van der Waals surface area contributed by atoms with E-state index in [1.54, 1.807) is 13.0 Å². The molecule has 0 atom stereocenters. The number of hydrogen-bond acceptors (Lipinski definition) is 7. The number of hydrogen-bond donors (Lipinski definition) is 1. The van der Waals surface area contributed by atoms with Gasteiger partial charge >= 0.3 is 11.7 Å². The van der Waals surface area contributed by atoms with E-state index in [1.807, 2.05) is 0 Å². The molecule has 0 aliphatic rings. The van der Waals surface area contributed by atoms with Crippen molar-refractivity contribution in [3.63, 3.8) is 0 Å². The first-order valence-electron chi connectivity index (χ1n) is 5.62. The highest BCUT2D eigenvalue weighted by Gasteiger charge is 2.26. The number of aryl methyl sites for hydroxylation is 1. The molecule has 0 radical (unpaired) electrons. The van der Waals surface area contributed by atoms with E-state index >= 15 is 0 Å². The summed E-state index contributed by atoms with van der Waals surface area (Å²) in [4.78, 5) is 29.1. The summed E-state index contributed by atoms with van der Waals surface area (Å²) in [5, 5.41) is 27.5. The van der Waals surface area contributed by atoms with Crippen molar-refractivity contribution in [2.75, 3.05) is 0 Å². The molecule has 0 amide bonds. The lowest BCUT2D eigenvalue weighted by Crippen LogP contribution is -2.08. The number of carboxylic acid groups (broad SMARTS) is 1. The van der Waals surface area contributed by atoms with E-state index in [2.05, 4.69) is 20.2 Å². The second kappa shape index (κ2) is 4.33. The van der Waals surface area contributed by atoms with Crippen molar-refractivity contribution in [3.05, 3.63) is 40.1 Å². The molecule has 0 aliphatic heterocycles. The number of nitrogens with zero attached hydrogens (tertiary/aromatic N) is 7. The van der Waals surface area contributed by atoms with E-state index < -0.39 is 22.3 Å². The number of aromatic nitrogens is 6. The minimum atomic E-state index is -1.49. The zero-order valence-electron chi connectivity index (χ0n) is 10.5. The van der Waals surface area contributed by atoms with Crippen molar-refractivity contribution < 1.29 is 14.8 Å². The number of nitro groups is 1. The van der Waals surface area contributed by atoms with Gasteiger partial charge in [-0.05, 0) is 6.92 Å². The Kier molecular flexibility index (Phi) is 2.61. The van der Waals surface area contributed by atoms with E-state index in [1.165, 1.54) is 10.8 Å². The molecule has 0 bridgehead atoms. The fourth-order valence-electron chi connectivity index (χ4n) is 1.84. The fourth-order valence-corrected chi connectivity index (χ4v) is 1.84. The highest BCUT2D eigenvalue weighted by atomic mass is 16.6. The van der Waals surface area contributed by atoms with Gasteiger partial charge < -0.3 is 5.11 Å². The Hall–Kier alpha value is -3.37. The molecule has 11 heteroatoms. The Morgan fingerprint density at radius 1 is 1.48 bits per heavy atom. The Morgan fingerprint density at radius 3 is 2.86 bits per heavy atom. The smallest absolute Gasteiger partial charge is 0.363 e. The summed E-state index contributed by atoms with van der Waals surface area (Å²) in [6, 6.07) is 1.56. The predicted molar refractivity (Wildman–Crippen MR) is 66.3 cm³/mol. The monoisotopic (exact) mass is 289 g/mol. The first-order chi connectivity index (χ1) is 9.97. The number of carboxylic acids is 1. The number of carbonyl (C=O) groups is 1. The maximum atomic E-state index is 11.0. The Bertz CT molecular complexity index is 849. The second-order valence-corrected chi connectivity index (χ2v) is 4.10. The number of rotatable bonds is 3. The van der Waals surface area contributed by atoms with Gasteiger partial charge in [-0.2, -0.15) is 19.7 Å². The number of fused-ring (bicyclic) bond motifs is 1. The van der Waals surface area contributed by atoms with Gasteiger partial charge in [-0.25, -0.2) is 14.5 Å². The molecule has 1 N–H and O–H groups in total. The van der Waals surface area contributed by atoms with Gasteiger partial charge in [0.15, 0.2) is 5.82 Å². The van der Waals surface area contributed by atoms with Gasteiger partial charge in [-0.3, -0.25) is 10.1 Å². The van der Waals surface area contributed by atoms with Crippen LogP contribution in [0.1, 0.15) is 16.2 Å². The van der Waals surface area contributed by atoms with E-state index in [4.69, 9.17) is 5.11 Å². The van der Waals surface area contributed by atoms with Crippen LogP contribution in [0.25, 0.3) is 11.6 Å². The summed E-state index contributed by atoms with van der Waals surface area (Å²) in [6.07, 6.45) is 2.28. The zero-order valence-corrected chi connectivity index (χ0v) is 10.5. The van der Waals surface area contributed by atoms with Crippen LogP contribution in [0.5, 0.6) is 0 Å². The van der Waals surface area contributed by atoms with Gasteiger partial charge in [0.05, 0.1) is 4.92 Å². The van der Waals surface area contributed by atoms with Crippen LogP contribution >= 0.6 is 0 Å². The average molecular weight is 289 g/mol. The van der Waals surface area contributed by atoms with Gasteiger partial charge in [0.1, 0.15) is 12.5 Å². The molecule has 0 saturated heterocycles. The summed E-state index contributed by atoms with van der Waals surface area (Å²) >= 11 is 0. The quantitative estimate of drug-likeness (QED) is 0.533. The molecule has 3 aromatic heterocycles. The van der Waals surface area contributed by atoms with Gasteiger partial charge in [-0.1, -0.05) is 0 Å². The van der Waals surface area contributed by atoms with E-state index in [-0.39, 0.29) is 5.78 Å². The van der Waals surface area contributed by atoms with Gasteiger partial charge in [0, 0.05) is 11.8 Å². The summed E-state index contributed by atoms with van der Waals surface area (Å²) in [6.45, 7) is 1.70. The van der Waals surface area contributed by atoms with E-state index in [9.17, 15) is 14.9 Å². The minimum absolute atomic E-state index is 0.278. The molecular formula is C10H7N7O4. The topological polar surface area (TPSA) is 141 Å². The maximum absolute atomic E-state index is 11.0. The summed E-state index contributed by atoms with van der Waals surface area (Å²) in [5.74, 6) is -0.910. The third-order valence-electron chi connectivity index (χ3n) is 2.69. The predicted octanol–water partition coefficient (Wildman–Crippen LogP) is 0.225. The summed E-state index contributed by atoms with van der Waals surface area (Å²) in [5.41, 5.74) is -0.673. The third-order valence-corrected chi connectivity index (χ3v) is 2.69. The highest BCUT2D eigenvalue weighted by Crippen LogP contribution is 2.20. The third kappa shape index (κ3) is 1.96. The average Bonchev–Trinajstić information content (AvgIpc) is 3.03. The SMILES string of the molecule is Cc1cc(-n2cc([N+](=O)[O-])c(C(=O)O)n2)n2ncnc2n1. The highest BCUT2D eigenvalue weighted by molar-refractivity contribution is 5.89. The van der Waals surface area contributed by atoms with Crippen LogP contribution in [0.15, 0.2) is 18.6 Å². The maximum Gasteiger partial charge on any atom is 0.363 e. The molecule has 0 aliphatic carbocycles. The molecule has 3 rings (SSSR count). The molecule has 11 nitrogen and oxygen atoms in total. The summed E-state index contributed by atoms with van der Waals surface area (Å²) < 4.78 is 2.37. The Balaban J connectivity index is 2.28. The molecule has 0 fully saturated rings.